The van der Waals surface area contributed by atoms with Crippen LogP contribution in [-0.4, -0.2) is 23.7 Å². The number of phenolic OH excluding ortho intramolecular Hbond substituents is 1. The summed E-state index contributed by atoms with van der Waals surface area (Å²) >= 11 is 0. The van der Waals surface area contributed by atoms with Gasteiger partial charge in [0.2, 0.25) is 0 Å². The molecule has 0 aromatic heterocycles. The maximum Gasteiger partial charge on any atom is 0.323 e. The van der Waals surface area contributed by atoms with Gasteiger partial charge in [-0.2, -0.15) is 0 Å². The van der Waals surface area contributed by atoms with Gasteiger partial charge in [-0.1, -0.05) is 25.0 Å². The fraction of sp³-hybridized carbons (Fsp3) is 0.533. The van der Waals surface area contributed by atoms with Crippen molar-refractivity contribution in [2.45, 2.75) is 38.1 Å². The van der Waals surface area contributed by atoms with Crippen LogP contribution in [0.25, 0.3) is 0 Å². The first kappa shape index (κ1) is 13.9. The molecule has 0 unspecified atom stereocenters. The van der Waals surface area contributed by atoms with E-state index in [0.29, 0.717) is 18.9 Å². The van der Waals surface area contributed by atoms with Gasteiger partial charge in [0.1, 0.15) is 11.8 Å². The first-order valence-electron chi connectivity index (χ1n) is 6.85. The summed E-state index contributed by atoms with van der Waals surface area (Å²) in [6, 6.07) is 6.07. The summed E-state index contributed by atoms with van der Waals surface area (Å²) in [5.41, 5.74) is 6.75. The molecule has 1 fully saturated rings. The third-order valence-electron chi connectivity index (χ3n) is 3.63. The van der Waals surface area contributed by atoms with E-state index < -0.39 is 6.04 Å². The highest BCUT2D eigenvalue weighted by Gasteiger charge is 2.20. The van der Waals surface area contributed by atoms with Crippen molar-refractivity contribution in [3.05, 3.63) is 29.8 Å². The maximum atomic E-state index is 11.8. The molecule has 4 nitrogen and oxygen atoms in total. The van der Waals surface area contributed by atoms with Crippen molar-refractivity contribution in [2.24, 2.45) is 11.7 Å². The fourth-order valence-corrected chi connectivity index (χ4v) is 2.45. The summed E-state index contributed by atoms with van der Waals surface area (Å²) in [4.78, 5) is 11.8. The smallest absolute Gasteiger partial charge is 0.323 e. The number of hydrogen-bond donors (Lipinski definition) is 2. The molecule has 0 spiro atoms. The molecule has 0 amide bonds. The highest BCUT2D eigenvalue weighted by molar-refractivity contribution is 5.75. The second-order valence-corrected chi connectivity index (χ2v) is 5.26. The molecule has 19 heavy (non-hydrogen) atoms. The number of phenols is 1. The summed E-state index contributed by atoms with van der Waals surface area (Å²) < 4.78 is 5.27. The van der Waals surface area contributed by atoms with Gasteiger partial charge in [-0.25, -0.2) is 0 Å². The molecular formula is C15H21NO3. The number of nitrogens with two attached hydrogens (primary N) is 1. The molecule has 1 saturated carbocycles. The third kappa shape index (κ3) is 4.24. The summed E-state index contributed by atoms with van der Waals surface area (Å²) in [7, 11) is 0. The van der Waals surface area contributed by atoms with Gasteiger partial charge in [0, 0.05) is 0 Å². The zero-order chi connectivity index (χ0) is 13.7. The number of carbonyl (C=O) groups excluding carboxylic acids is 1. The lowest BCUT2D eigenvalue weighted by Crippen LogP contribution is -2.35. The monoisotopic (exact) mass is 263 g/mol. The Balaban J connectivity index is 1.76. The Hall–Kier alpha value is -1.55. The molecule has 0 aliphatic heterocycles. The lowest BCUT2D eigenvalue weighted by molar-refractivity contribution is -0.146. The summed E-state index contributed by atoms with van der Waals surface area (Å²) in [5, 5.41) is 9.18. The number of carbonyl (C=O) groups is 1. The van der Waals surface area contributed by atoms with Crippen LogP contribution in [0.5, 0.6) is 5.75 Å². The number of rotatable bonds is 5. The second kappa shape index (κ2) is 6.57. The molecule has 0 saturated heterocycles. The molecule has 3 N–H and O–H groups in total. The van der Waals surface area contributed by atoms with Gasteiger partial charge in [0.05, 0.1) is 6.61 Å². The Morgan fingerprint density at radius 1 is 1.32 bits per heavy atom. The SMILES string of the molecule is N[C@H](Cc1ccc(O)cc1)C(=O)OCC1CCCC1. The summed E-state index contributed by atoms with van der Waals surface area (Å²) in [5.74, 6) is 0.394. The Labute approximate surface area is 113 Å². The van der Waals surface area contributed by atoms with Crippen LogP contribution in [0.4, 0.5) is 0 Å². The topological polar surface area (TPSA) is 72.5 Å². The molecule has 0 radical (unpaired) electrons. The lowest BCUT2D eigenvalue weighted by Gasteiger charge is -2.14. The van der Waals surface area contributed by atoms with Crippen molar-refractivity contribution in [3.8, 4) is 5.75 Å². The summed E-state index contributed by atoms with van der Waals surface area (Å²) in [6.07, 6.45) is 5.22. The molecule has 0 bridgehead atoms. The van der Waals surface area contributed by atoms with Crippen LogP contribution >= 0.6 is 0 Å². The minimum Gasteiger partial charge on any atom is -0.508 e. The van der Waals surface area contributed by atoms with Crippen LogP contribution in [0.15, 0.2) is 24.3 Å². The van der Waals surface area contributed by atoms with Gasteiger partial charge in [0.25, 0.3) is 0 Å². The zero-order valence-corrected chi connectivity index (χ0v) is 11.0. The molecule has 1 aliphatic rings. The van der Waals surface area contributed by atoms with Gasteiger partial charge in [-0.15, -0.1) is 0 Å². The van der Waals surface area contributed by atoms with Gasteiger partial charge >= 0.3 is 5.97 Å². The predicted octanol–water partition coefficient (Wildman–Crippen LogP) is 2.00. The van der Waals surface area contributed by atoms with Crippen molar-refractivity contribution >= 4 is 5.97 Å². The van der Waals surface area contributed by atoms with Gasteiger partial charge in [0.15, 0.2) is 0 Å². The molecule has 1 aliphatic carbocycles. The van der Waals surface area contributed by atoms with E-state index >= 15 is 0 Å². The van der Waals surface area contributed by atoms with Gasteiger partial charge in [-0.3, -0.25) is 4.79 Å². The lowest BCUT2D eigenvalue weighted by atomic mass is 10.1. The van der Waals surface area contributed by atoms with Crippen molar-refractivity contribution in [1.82, 2.24) is 0 Å². The van der Waals surface area contributed by atoms with Crippen LogP contribution in [0.2, 0.25) is 0 Å². The van der Waals surface area contributed by atoms with Crippen LogP contribution in [0, 0.1) is 5.92 Å². The van der Waals surface area contributed by atoms with E-state index in [1.807, 2.05) is 0 Å². The zero-order valence-electron chi connectivity index (χ0n) is 11.0. The largest absolute Gasteiger partial charge is 0.508 e. The number of benzene rings is 1. The van der Waals surface area contributed by atoms with E-state index in [1.54, 1.807) is 24.3 Å². The Bertz CT molecular complexity index is 410. The van der Waals surface area contributed by atoms with Crippen molar-refractivity contribution in [3.63, 3.8) is 0 Å². The molecule has 1 aromatic carbocycles. The fourth-order valence-electron chi connectivity index (χ4n) is 2.45. The predicted molar refractivity (Wildman–Crippen MR) is 72.7 cm³/mol. The molecule has 104 valence electrons. The van der Waals surface area contributed by atoms with E-state index in [0.717, 1.165) is 18.4 Å². The van der Waals surface area contributed by atoms with Crippen molar-refractivity contribution in [2.75, 3.05) is 6.61 Å². The molecule has 0 heterocycles. The number of ether oxygens (including phenoxy) is 1. The maximum absolute atomic E-state index is 11.8. The van der Waals surface area contributed by atoms with Gasteiger partial charge in [-0.05, 0) is 42.9 Å². The Kier molecular flexibility index (Phi) is 4.80. The Morgan fingerprint density at radius 2 is 1.95 bits per heavy atom. The molecule has 1 aromatic rings. The molecule has 1 atom stereocenters. The van der Waals surface area contributed by atoms with Crippen LogP contribution in [0.1, 0.15) is 31.2 Å². The highest BCUT2D eigenvalue weighted by Crippen LogP contribution is 2.24. The average molecular weight is 263 g/mol. The van der Waals surface area contributed by atoms with Crippen molar-refractivity contribution < 1.29 is 14.6 Å². The first-order chi connectivity index (χ1) is 9.15. The van der Waals surface area contributed by atoms with E-state index in [1.165, 1.54) is 12.8 Å². The van der Waals surface area contributed by atoms with E-state index in [-0.39, 0.29) is 11.7 Å². The second-order valence-electron chi connectivity index (χ2n) is 5.26. The van der Waals surface area contributed by atoms with E-state index in [2.05, 4.69) is 0 Å². The number of aromatic hydroxyl groups is 1. The highest BCUT2D eigenvalue weighted by atomic mass is 16.5. The first-order valence-corrected chi connectivity index (χ1v) is 6.85. The van der Waals surface area contributed by atoms with Crippen LogP contribution < -0.4 is 5.73 Å². The average Bonchev–Trinajstić information content (AvgIpc) is 2.91. The minimum absolute atomic E-state index is 0.209. The normalized spacial score (nSPS) is 17.3. The molecular weight excluding hydrogens is 242 g/mol. The van der Waals surface area contributed by atoms with E-state index in [9.17, 15) is 9.90 Å². The Morgan fingerprint density at radius 3 is 2.58 bits per heavy atom. The standard InChI is InChI=1S/C15H21NO3/c16-14(9-11-5-7-13(17)8-6-11)15(18)19-10-12-3-1-2-4-12/h5-8,12,14,17H,1-4,9-10,16H2/t14-/m1/s1. The summed E-state index contributed by atoms with van der Waals surface area (Å²) in [6.45, 7) is 0.502. The minimum atomic E-state index is -0.633. The van der Waals surface area contributed by atoms with Crippen LogP contribution in [0.3, 0.4) is 0 Å². The third-order valence-corrected chi connectivity index (χ3v) is 3.63. The quantitative estimate of drug-likeness (QED) is 0.797. The number of hydrogen-bond acceptors (Lipinski definition) is 4. The number of esters is 1. The molecule has 4 heteroatoms. The van der Waals surface area contributed by atoms with Crippen molar-refractivity contribution in [1.29, 1.82) is 0 Å². The van der Waals surface area contributed by atoms with Gasteiger partial charge < -0.3 is 15.6 Å². The van der Waals surface area contributed by atoms with Crippen LogP contribution in [-0.2, 0) is 16.0 Å². The molecule has 2 rings (SSSR count). The van der Waals surface area contributed by atoms with E-state index in [4.69, 9.17) is 10.5 Å².